The predicted molar refractivity (Wildman–Crippen MR) is 53.1 cm³/mol. The summed E-state index contributed by atoms with van der Waals surface area (Å²) < 4.78 is 5.57. The third kappa shape index (κ3) is 2.12. The lowest BCUT2D eigenvalue weighted by atomic mass is 10.3. The summed E-state index contributed by atoms with van der Waals surface area (Å²) in [5.74, 6) is 2.91. The van der Waals surface area contributed by atoms with Gasteiger partial charge in [0.2, 0.25) is 11.8 Å². The number of hydrogen-bond acceptors (Lipinski definition) is 4. The Kier molecular flexibility index (Phi) is 2.82. The quantitative estimate of drug-likeness (QED) is 0.720. The lowest BCUT2D eigenvalue weighted by molar-refractivity contribution is 0.440. The van der Waals surface area contributed by atoms with Crippen LogP contribution in [0.3, 0.4) is 0 Å². The fraction of sp³-hybridized carbons (Fsp3) is 0.800. The second-order valence-corrected chi connectivity index (χ2v) is 4.06. The van der Waals surface area contributed by atoms with Gasteiger partial charge in [-0.05, 0) is 32.4 Å². The molecule has 0 aliphatic heterocycles. The Morgan fingerprint density at radius 3 is 2.93 bits per heavy atom. The van der Waals surface area contributed by atoms with E-state index in [1.807, 2.05) is 7.05 Å². The third-order valence-corrected chi connectivity index (χ3v) is 2.73. The van der Waals surface area contributed by atoms with Crippen LogP contribution < -0.4 is 5.32 Å². The number of rotatable bonds is 5. The summed E-state index contributed by atoms with van der Waals surface area (Å²) in [5, 5.41) is 11.2. The van der Waals surface area contributed by atoms with Crippen LogP contribution in [0.25, 0.3) is 0 Å². The van der Waals surface area contributed by atoms with E-state index in [0.717, 1.165) is 37.1 Å². The zero-order valence-corrected chi connectivity index (χ0v) is 8.79. The Balaban J connectivity index is 1.84. The molecule has 2 atom stereocenters. The number of nitrogens with one attached hydrogen (secondary N) is 1. The maximum Gasteiger partial charge on any atom is 0.219 e. The molecule has 14 heavy (non-hydrogen) atoms. The first kappa shape index (κ1) is 9.65. The maximum absolute atomic E-state index is 5.57. The second kappa shape index (κ2) is 4.09. The van der Waals surface area contributed by atoms with E-state index in [2.05, 4.69) is 22.4 Å². The van der Waals surface area contributed by atoms with Crippen molar-refractivity contribution in [2.45, 2.75) is 32.1 Å². The summed E-state index contributed by atoms with van der Waals surface area (Å²) in [6.07, 6.45) is 3.14. The number of hydrogen-bond donors (Lipinski definition) is 1. The van der Waals surface area contributed by atoms with Gasteiger partial charge in [-0.25, -0.2) is 0 Å². The molecule has 2 rings (SSSR count). The highest BCUT2D eigenvalue weighted by Gasteiger charge is 2.38. The standard InChI is InChI=1S/C10H17N3O/c1-7-6-8(7)10-13-12-9(14-10)4-3-5-11-2/h7-8,11H,3-6H2,1-2H3. The van der Waals surface area contributed by atoms with Gasteiger partial charge in [0.15, 0.2) is 0 Å². The first-order chi connectivity index (χ1) is 6.81. The van der Waals surface area contributed by atoms with E-state index in [9.17, 15) is 0 Å². The summed E-state index contributed by atoms with van der Waals surface area (Å²) >= 11 is 0. The van der Waals surface area contributed by atoms with Crippen molar-refractivity contribution in [1.29, 1.82) is 0 Å². The van der Waals surface area contributed by atoms with Gasteiger partial charge in [0, 0.05) is 12.3 Å². The van der Waals surface area contributed by atoms with Gasteiger partial charge in [-0.1, -0.05) is 6.92 Å². The van der Waals surface area contributed by atoms with E-state index in [-0.39, 0.29) is 0 Å². The average Bonchev–Trinajstić information content (AvgIpc) is 2.74. The van der Waals surface area contributed by atoms with Gasteiger partial charge in [-0.15, -0.1) is 10.2 Å². The molecule has 1 aromatic rings. The predicted octanol–water partition coefficient (Wildman–Crippen LogP) is 1.34. The Hall–Kier alpha value is -0.900. The topological polar surface area (TPSA) is 51.0 Å². The molecule has 1 heterocycles. The molecule has 1 aliphatic carbocycles. The molecule has 0 radical (unpaired) electrons. The van der Waals surface area contributed by atoms with E-state index < -0.39 is 0 Å². The van der Waals surface area contributed by atoms with E-state index in [4.69, 9.17) is 4.42 Å². The average molecular weight is 195 g/mol. The Morgan fingerprint density at radius 2 is 2.29 bits per heavy atom. The number of aromatic nitrogens is 2. The molecule has 4 heteroatoms. The van der Waals surface area contributed by atoms with Crippen LogP contribution >= 0.6 is 0 Å². The van der Waals surface area contributed by atoms with Crippen LogP contribution in [0.2, 0.25) is 0 Å². The molecule has 0 saturated heterocycles. The van der Waals surface area contributed by atoms with Crippen molar-refractivity contribution in [2.24, 2.45) is 5.92 Å². The molecule has 1 N–H and O–H groups in total. The van der Waals surface area contributed by atoms with Gasteiger partial charge in [0.05, 0.1) is 0 Å². The van der Waals surface area contributed by atoms with E-state index >= 15 is 0 Å². The van der Waals surface area contributed by atoms with Crippen molar-refractivity contribution in [3.8, 4) is 0 Å². The SMILES string of the molecule is CNCCCc1nnc(C2CC2C)o1. The maximum atomic E-state index is 5.57. The van der Waals surface area contributed by atoms with E-state index in [0.29, 0.717) is 5.92 Å². The van der Waals surface area contributed by atoms with Gasteiger partial charge in [-0.2, -0.15) is 0 Å². The van der Waals surface area contributed by atoms with Crippen LogP contribution in [0.1, 0.15) is 37.5 Å². The minimum atomic E-state index is 0.542. The van der Waals surface area contributed by atoms with Crippen molar-refractivity contribution in [1.82, 2.24) is 15.5 Å². The van der Waals surface area contributed by atoms with Crippen molar-refractivity contribution in [3.05, 3.63) is 11.8 Å². The third-order valence-electron chi connectivity index (χ3n) is 2.73. The van der Waals surface area contributed by atoms with Crippen molar-refractivity contribution >= 4 is 0 Å². The molecular weight excluding hydrogens is 178 g/mol. The molecule has 4 nitrogen and oxygen atoms in total. The van der Waals surface area contributed by atoms with Crippen molar-refractivity contribution < 1.29 is 4.42 Å². The van der Waals surface area contributed by atoms with Crippen LogP contribution in [-0.4, -0.2) is 23.8 Å². The summed E-state index contributed by atoms with van der Waals surface area (Å²) in [5.41, 5.74) is 0. The summed E-state index contributed by atoms with van der Waals surface area (Å²) in [6, 6.07) is 0. The minimum Gasteiger partial charge on any atom is -0.425 e. The Labute approximate surface area is 84.1 Å². The molecule has 0 amide bonds. The first-order valence-corrected chi connectivity index (χ1v) is 5.28. The second-order valence-electron chi connectivity index (χ2n) is 4.06. The number of nitrogens with zero attached hydrogens (tertiary/aromatic N) is 2. The lowest BCUT2D eigenvalue weighted by Crippen LogP contribution is -2.08. The lowest BCUT2D eigenvalue weighted by Gasteiger charge is -1.94. The highest BCUT2D eigenvalue weighted by atomic mass is 16.4. The smallest absolute Gasteiger partial charge is 0.219 e. The van der Waals surface area contributed by atoms with Gasteiger partial charge >= 0.3 is 0 Å². The molecule has 0 aromatic carbocycles. The summed E-state index contributed by atoms with van der Waals surface area (Å²) in [4.78, 5) is 0. The number of aryl methyl sites for hydroxylation is 1. The fourth-order valence-corrected chi connectivity index (χ4v) is 1.60. The van der Waals surface area contributed by atoms with Gasteiger partial charge in [-0.3, -0.25) is 0 Å². The zero-order valence-electron chi connectivity index (χ0n) is 8.79. The van der Waals surface area contributed by atoms with Gasteiger partial charge in [0.25, 0.3) is 0 Å². The van der Waals surface area contributed by atoms with Crippen LogP contribution in [-0.2, 0) is 6.42 Å². The highest BCUT2D eigenvalue weighted by Crippen LogP contribution is 2.46. The minimum absolute atomic E-state index is 0.542. The Bertz CT molecular complexity index is 297. The zero-order chi connectivity index (χ0) is 9.97. The van der Waals surface area contributed by atoms with Gasteiger partial charge in [0.1, 0.15) is 0 Å². The fourth-order valence-electron chi connectivity index (χ4n) is 1.60. The molecule has 1 aromatic heterocycles. The van der Waals surface area contributed by atoms with Crippen molar-refractivity contribution in [3.63, 3.8) is 0 Å². The highest BCUT2D eigenvalue weighted by molar-refractivity contribution is 5.04. The first-order valence-electron chi connectivity index (χ1n) is 5.28. The van der Waals surface area contributed by atoms with Crippen molar-refractivity contribution in [2.75, 3.05) is 13.6 Å². The van der Waals surface area contributed by atoms with Gasteiger partial charge < -0.3 is 9.73 Å². The summed E-state index contributed by atoms with van der Waals surface area (Å²) in [7, 11) is 1.95. The van der Waals surface area contributed by atoms with Crippen LogP contribution in [0.5, 0.6) is 0 Å². The molecule has 0 bridgehead atoms. The molecule has 2 unspecified atom stereocenters. The normalized spacial score (nSPS) is 25.3. The molecular formula is C10H17N3O. The van der Waals surface area contributed by atoms with E-state index in [1.165, 1.54) is 6.42 Å². The van der Waals surface area contributed by atoms with Crippen LogP contribution in [0.15, 0.2) is 4.42 Å². The molecule has 0 spiro atoms. The largest absolute Gasteiger partial charge is 0.425 e. The summed E-state index contributed by atoms with van der Waals surface area (Å²) in [6.45, 7) is 3.22. The monoisotopic (exact) mass is 195 g/mol. The van der Waals surface area contributed by atoms with Crippen LogP contribution in [0.4, 0.5) is 0 Å². The molecule has 1 fully saturated rings. The molecule has 78 valence electrons. The van der Waals surface area contributed by atoms with E-state index in [1.54, 1.807) is 0 Å². The molecule has 1 saturated carbocycles. The Morgan fingerprint density at radius 1 is 1.50 bits per heavy atom. The molecule has 1 aliphatic rings. The van der Waals surface area contributed by atoms with Crippen LogP contribution in [0, 0.1) is 5.92 Å².